The maximum atomic E-state index is 9.87. The Morgan fingerprint density at radius 3 is 2.25 bits per heavy atom. The van der Waals surface area contributed by atoms with E-state index in [9.17, 15) is 4.79 Å². The largest absolute Gasteiger partial charge is 0.356 e. The zero-order chi connectivity index (χ0) is 6.57. The Labute approximate surface area is 47.8 Å². The first-order valence-electron chi connectivity index (χ1n) is 2.33. The quantitative estimate of drug-likeness (QED) is 0.507. The fourth-order valence-corrected chi connectivity index (χ4v) is 0.172. The van der Waals surface area contributed by atoms with Gasteiger partial charge in [-0.15, -0.1) is 0 Å². The SMILES string of the molecule is CC(C)N=NC(N)=O. The lowest BCUT2D eigenvalue weighted by molar-refractivity contribution is 0.255. The number of carbonyl (C=O) groups is 1. The normalized spacial score (nSPS) is 10.9. The molecule has 0 aliphatic rings. The van der Waals surface area contributed by atoms with Gasteiger partial charge >= 0.3 is 6.03 Å². The van der Waals surface area contributed by atoms with E-state index in [-0.39, 0.29) is 6.04 Å². The third kappa shape index (κ3) is 5.07. The Kier molecular flexibility index (Phi) is 2.76. The summed E-state index contributed by atoms with van der Waals surface area (Å²) in [6.45, 7) is 3.62. The van der Waals surface area contributed by atoms with Gasteiger partial charge in [0.15, 0.2) is 0 Å². The molecule has 46 valence electrons. The Balaban J connectivity index is 3.50. The van der Waals surface area contributed by atoms with Crippen LogP contribution in [0.25, 0.3) is 0 Å². The zero-order valence-electron chi connectivity index (χ0n) is 4.96. The summed E-state index contributed by atoms with van der Waals surface area (Å²) < 4.78 is 0. The summed E-state index contributed by atoms with van der Waals surface area (Å²) in [5.41, 5.74) is 4.64. The van der Waals surface area contributed by atoms with Crippen molar-refractivity contribution in [3.63, 3.8) is 0 Å². The molecule has 2 amide bonds. The van der Waals surface area contributed by atoms with Gasteiger partial charge in [-0.25, -0.2) is 4.79 Å². The van der Waals surface area contributed by atoms with Gasteiger partial charge in [-0.2, -0.15) is 5.11 Å². The first kappa shape index (κ1) is 7.07. The number of amides is 2. The van der Waals surface area contributed by atoms with E-state index >= 15 is 0 Å². The average Bonchev–Trinajstić information content (AvgIpc) is 1.61. The molecule has 0 spiro atoms. The van der Waals surface area contributed by atoms with Gasteiger partial charge < -0.3 is 5.73 Å². The van der Waals surface area contributed by atoms with Crippen LogP contribution in [0.1, 0.15) is 13.8 Å². The molecule has 0 atom stereocenters. The van der Waals surface area contributed by atoms with Crippen molar-refractivity contribution in [1.82, 2.24) is 0 Å². The molecule has 0 heterocycles. The minimum absolute atomic E-state index is 0.0440. The minimum atomic E-state index is -0.737. The van der Waals surface area contributed by atoms with Gasteiger partial charge in [0, 0.05) is 0 Å². The van der Waals surface area contributed by atoms with Crippen LogP contribution in [-0.2, 0) is 0 Å². The highest BCUT2D eigenvalue weighted by Gasteiger charge is 1.86. The summed E-state index contributed by atoms with van der Waals surface area (Å²) in [6, 6.07) is -0.693. The van der Waals surface area contributed by atoms with Crippen LogP contribution in [0.2, 0.25) is 0 Å². The van der Waals surface area contributed by atoms with Crippen molar-refractivity contribution in [1.29, 1.82) is 0 Å². The number of hydrogen-bond acceptors (Lipinski definition) is 2. The highest BCUT2D eigenvalue weighted by molar-refractivity contribution is 5.71. The molecule has 4 heteroatoms. The number of nitrogens with two attached hydrogens (primary N) is 1. The molecule has 0 bridgehead atoms. The lowest BCUT2D eigenvalue weighted by atomic mass is 10.4. The van der Waals surface area contributed by atoms with Crippen molar-refractivity contribution >= 4 is 6.03 Å². The van der Waals surface area contributed by atoms with E-state index in [4.69, 9.17) is 0 Å². The summed E-state index contributed by atoms with van der Waals surface area (Å²) >= 11 is 0. The van der Waals surface area contributed by atoms with Gasteiger partial charge in [0.1, 0.15) is 0 Å². The summed E-state index contributed by atoms with van der Waals surface area (Å²) in [4.78, 5) is 9.87. The van der Waals surface area contributed by atoms with Crippen molar-refractivity contribution in [2.24, 2.45) is 16.0 Å². The third-order valence-electron chi connectivity index (χ3n) is 0.387. The van der Waals surface area contributed by atoms with Crippen molar-refractivity contribution in [2.45, 2.75) is 19.9 Å². The Bertz CT molecular complexity index is 108. The molecule has 0 aromatic heterocycles. The number of nitrogens with zero attached hydrogens (tertiary/aromatic N) is 2. The number of azo groups is 1. The van der Waals surface area contributed by atoms with E-state index in [2.05, 4.69) is 16.0 Å². The van der Waals surface area contributed by atoms with E-state index < -0.39 is 6.03 Å². The van der Waals surface area contributed by atoms with Gasteiger partial charge in [-0.1, -0.05) is 5.11 Å². The molecule has 2 N–H and O–H groups in total. The summed E-state index contributed by atoms with van der Waals surface area (Å²) in [5.74, 6) is 0. The second-order valence-electron chi connectivity index (χ2n) is 1.65. The van der Waals surface area contributed by atoms with E-state index in [0.29, 0.717) is 0 Å². The first-order valence-corrected chi connectivity index (χ1v) is 2.33. The molecule has 0 aromatic rings. The monoisotopic (exact) mass is 115 g/mol. The summed E-state index contributed by atoms with van der Waals surface area (Å²) in [6.07, 6.45) is 0. The number of carbonyl (C=O) groups excluding carboxylic acids is 1. The van der Waals surface area contributed by atoms with Crippen LogP contribution in [0.15, 0.2) is 10.2 Å². The van der Waals surface area contributed by atoms with Gasteiger partial charge in [0.05, 0.1) is 6.04 Å². The molecule has 0 radical (unpaired) electrons. The van der Waals surface area contributed by atoms with Crippen LogP contribution >= 0.6 is 0 Å². The molecule has 4 nitrogen and oxygen atoms in total. The summed E-state index contributed by atoms with van der Waals surface area (Å²) in [5, 5.41) is 6.56. The van der Waals surface area contributed by atoms with Gasteiger partial charge in [-0.05, 0) is 13.8 Å². The molecule has 0 fully saturated rings. The van der Waals surface area contributed by atoms with Crippen molar-refractivity contribution < 1.29 is 4.79 Å². The van der Waals surface area contributed by atoms with Crippen molar-refractivity contribution in [2.75, 3.05) is 0 Å². The molecule has 0 aliphatic heterocycles. The van der Waals surface area contributed by atoms with E-state index in [1.54, 1.807) is 0 Å². The fourth-order valence-electron chi connectivity index (χ4n) is 0.172. The van der Waals surface area contributed by atoms with Crippen molar-refractivity contribution in [3.05, 3.63) is 0 Å². The van der Waals surface area contributed by atoms with Crippen LogP contribution in [0.3, 0.4) is 0 Å². The third-order valence-corrected chi connectivity index (χ3v) is 0.387. The molecular weight excluding hydrogens is 106 g/mol. The molecule has 0 aliphatic carbocycles. The second kappa shape index (κ2) is 3.12. The average molecular weight is 115 g/mol. The van der Waals surface area contributed by atoms with Crippen LogP contribution in [0.4, 0.5) is 4.79 Å². The highest BCUT2D eigenvalue weighted by Crippen LogP contribution is 1.85. The molecular formula is C4H9N3O. The predicted octanol–water partition coefficient (Wildman–Crippen LogP) is 0.926. The maximum Gasteiger partial charge on any atom is 0.356 e. The predicted molar refractivity (Wildman–Crippen MR) is 29.6 cm³/mol. The number of urea groups is 1. The zero-order valence-corrected chi connectivity index (χ0v) is 4.96. The standard InChI is InChI=1S/C4H9N3O/c1-3(2)6-7-4(5)8/h3H,1-2H3,(H2,5,8). The molecule has 0 aromatic carbocycles. The van der Waals surface area contributed by atoms with E-state index in [1.165, 1.54) is 0 Å². The number of rotatable bonds is 1. The Hall–Kier alpha value is -0.930. The topological polar surface area (TPSA) is 67.8 Å². The van der Waals surface area contributed by atoms with Gasteiger partial charge in [0.25, 0.3) is 0 Å². The molecule has 8 heavy (non-hydrogen) atoms. The smallest absolute Gasteiger partial charge is 0.348 e. The van der Waals surface area contributed by atoms with Crippen LogP contribution < -0.4 is 5.73 Å². The van der Waals surface area contributed by atoms with Crippen LogP contribution in [0, 0.1) is 0 Å². The minimum Gasteiger partial charge on any atom is -0.348 e. The second-order valence-corrected chi connectivity index (χ2v) is 1.65. The first-order chi connectivity index (χ1) is 3.63. The molecule has 0 saturated heterocycles. The molecule has 0 rings (SSSR count). The van der Waals surface area contributed by atoms with Crippen molar-refractivity contribution in [3.8, 4) is 0 Å². The lowest BCUT2D eigenvalue weighted by Crippen LogP contribution is -2.03. The maximum absolute atomic E-state index is 9.87. The Morgan fingerprint density at radius 1 is 1.62 bits per heavy atom. The number of primary amides is 1. The Morgan fingerprint density at radius 2 is 2.12 bits per heavy atom. The highest BCUT2D eigenvalue weighted by atomic mass is 16.2. The van der Waals surface area contributed by atoms with Crippen LogP contribution in [0.5, 0.6) is 0 Å². The fraction of sp³-hybridized carbons (Fsp3) is 0.750. The lowest BCUT2D eigenvalue weighted by Gasteiger charge is -1.87. The van der Waals surface area contributed by atoms with E-state index in [0.717, 1.165) is 0 Å². The van der Waals surface area contributed by atoms with Gasteiger partial charge in [0.2, 0.25) is 0 Å². The van der Waals surface area contributed by atoms with E-state index in [1.807, 2.05) is 13.8 Å². The summed E-state index contributed by atoms with van der Waals surface area (Å²) in [7, 11) is 0. The van der Waals surface area contributed by atoms with Crippen LogP contribution in [-0.4, -0.2) is 12.1 Å². The molecule has 0 unspecified atom stereocenters. The number of hydrogen-bond donors (Lipinski definition) is 1. The molecule has 0 saturated carbocycles. The van der Waals surface area contributed by atoms with Gasteiger partial charge in [-0.3, -0.25) is 0 Å².